The highest BCUT2D eigenvalue weighted by Gasteiger charge is 2.13. The van der Waals surface area contributed by atoms with Crippen LogP contribution in [0.25, 0.3) is 4.96 Å². The first-order valence-corrected chi connectivity index (χ1v) is 6.56. The second kappa shape index (κ2) is 4.31. The molecule has 0 amide bonds. The lowest BCUT2D eigenvalue weighted by molar-refractivity contribution is 0.111. The number of imidazole rings is 1. The lowest BCUT2D eigenvalue weighted by atomic mass is 10.5. The number of aromatic nitrogens is 3. The Bertz CT molecular complexity index is 660. The number of carbonyl (C=O) groups is 1. The first-order chi connectivity index (χ1) is 8.38. The van der Waals surface area contributed by atoms with Crippen molar-refractivity contribution >= 4 is 34.3 Å². The first-order valence-electron chi connectivity index (χ1n) is 4.87. The number of nitrogens with zero attached hydrogens (tertiary/aromatic N) is 3. The predicted molar refractivity (Wildman–Crippen MR) is 66.8 cm³/mol. The van der Waals surface area contributed by atoms with Gasteiger partial charge in [-0.05, 0) is 12.1 Å². The van der Waals surface area contributed by atoms with Gasteiger partial charge in [0, 0.05) is 28.9 Å². The molecule has 0 saturated heterocycles. The van der Waals surface area contributed by atoms with Crippen molar-refractivity contribution in [3.63, 3.8) is 0 Å². The smallest absolute Gasteiger partial charge is 0.195 e. The monoisotopic (exact) mass is 261 g/mol. The van der Waals surface area contributed by atoms with Crippen molar-refractivity contribution in [1.29, 1.82) is 0 Å². The highest BCUT2D eigenvalue weighted by molar-refractivity contribution is 7.99. The largest absolute Gasteiger partial charge is 0.296 e. The maximum atomic E-state index is 11.1. The number of fused-ring (bicyclic) bond motifs is 1. The zero-order chi connectivity index (χ0) is 11.7. The topological polar surface area (TPSA) is 47.3 Å². The molecule has 0 saturated carbocycles. The van der Waals surface area contributed by atoms with Crippen molar-refractivity contribution in [2.75, 3.05) is 0 Å². The average molecular weight is 261 g/mol. The van der Waals surface area contributed by atoms with Crippen LogP contribution in [-0.4, -0.2) is 20.7 Å². The van der Waals surface area contributed by atoms with Crippen molar-refractivity contribution in [2.24, 2.45) is 0 Å². The third-order valence-corrected chi connectivity index (χ3v) is 4.00. The molecule has 3 rings (SSSR count). The van der Waals surface area contributed by atoms with E-state index >= 15 is 0 Å². The minimum atomic E-state index is 0.600. The Hall–Kier alpha value is -1.66. The first kappa shape index (κ1) is 10.5. The summed E-state index contributed by atoms with van der Waals surface area (Å²) < 4.78 is 1.81. The fraction of sp³-hybridized carbons (Fsp3) is 0. The highest BCUT2D eigenvalue weighted by atomic mass is 32.2. The van der Waals surface area contributed by atoms with Gasteiger partial charge < -0.3 is 0 Å². The molecule has 0 unspecified atom stereocenters. The molecule has 0 spiro atoms. The predicted octanol–water partition coefficient (Wildman–Crippen LogP) is 2.75. The number of pyridine rings is 1. The molecule has 6 heteroatoms. The van der Waals surface area contributed by atoms with E-state index < -0.39 is 0 Å². The van der Waals surface area contributed by atoms with Crippen LogP contribution in [0.5, 0.6) is 0 Å². The van der Waals surface area contributed by atoms with Crippen molar-refractivity contribution in [3.05, 3.63) is 41.8 Å². The van der Waals surface area contributed by atoms with Gasteiger partial charge in [0.1, 0.15) is 10.7 Å². The zero-order valence-electron chi connectivity index (χ0n) is 8.61. The van der Waals surface area contributed by atoms with Gasteiger partial charge in [-0.25, -0.2) is 4.98 Å². The average Bonchev–Trinajstić information content (AvgIpc) is 2.90. The third kappa shape index (κ3) is 1.85. The standard InChI is InChI=1S/C11H7N3OS2/c15-7-9-10(13-11-14(9)5-6-16-11)17-8-1-3-12-4-2-8/h1-7H. The van der Waals surface area contributed by atoms with Crippen LogP contribution in [0.3, 0.4) is 0 Å². The van der Waals surface area contributed by atoms with Crippen LogP contribution >= 0.6 is 23.1 Å². The van der Waals surface area contributed by atoms with Crippen LogP contribution in [0.15, 0.2) is 46.0 Å². The summed E-state index contributed by atoms with van der Waals surface area (Å²) in [6, 6.07) is 3.79. The fourth-order valence-electron chi connectivity index (χ4n) is 1.48. The van der Waals surface area contributed by atoms with Crippen LogP contribution in [0.1, 0.15) is 10.5 Å². The molecular formula is C11H7N3OS2. The van der Waals surface area contributed by atoms with Gasteiger partial charge in [0.15, 0.2) is 11.2 Å². The quantitative estimate of drug-likeness (QED) is 0.680. The zero-order valence-corrected chi connectivity index (χ0v) is 10.2. The van der Waals surface area contributed by atoms with Gasteiger partial charge in [0.25, 0.3) is 0 Å². The lowest BCUT2D eigenvalue weighted by Crippen LogP contribution is -1.88. The molecule has 0 aliphatic heterocycles. The Morgan fingerprint density at radius 3 is 2.94 bits per heavy atom. The number of carbonyl (C=O) groups excluding carboxylic acids is 1. The molecule has 0 bridgehead atoms. The van der Waals surface area contributed by atoms with Gasteiger partial charge in [0.05, 0.1) is 0 Å². The van der Waals surface area contributed by atoms with E-state index in [9.17, 15) is 4.79 Å². The Labute approximate surface area is 105 Å². The van der Waals surface area contributed by atoms with Gasteiger partial charge in [-0.3, -0.25) is 14.2 Å². The number of thiazole rings is 1. The van der Waals surface area contributed by atoms with E-state index in [-0.39, 0.29) is 0 Å². The molecule has 0 fully saturated rings. The molecule has 84 valence electrons. The Balaban J connectivity index is 2.05. The number of rotatable bonds is 3. The fourth-order valence-corrected chi connectivity index (χ4v) is 3.13. The summed E-state index contributed by atoms with van der Waals surface area (Å²) >= 11 is 2.99. The van der Waals surface area contributed by atoms with E-state index in [2.05, 4.69) is 9.97 Å². The van der Waals surface area contributed by atoms with E-state index in [1.165, 1.54) is 23.1 Å². The van der Waals surface area contributed by atoms with Crippen LogP contribution in [0.2, 0.25) is 0 Å². The maximum absolute atomic E-state index is 11.1. The molecule has 0 aliphatic rings. The molecule has 0 aliphatic carbocycles. The second-order valence-electron chi connectivity index (χ2n) is 3.26. The van der Waals surface area contributed by atoms with Gasteiger partial charge in [-0.1, -0.05) is 11.8 Å². The molecule has 17 heavy (non-hydrogen) atoms. The minimum absolute atomic E-state index is 0.600. The molecule has 3 aromatic rings. The summed E-state index contributed by atoms with van der Waals surface area (Å²) in [6.45, 7) is 0. The van der Waals surface area contributed by atoms with Crippen LogP contribution in [-0.2, 0) is 0 Å². The van der Waals surface area contributed by atoms with Gasteiger partial charge in [-0.15, -0.1) is 11.3 Å². The van der Waals surface area contributed by atoms with E-state index in [1.807, 2.05) is 23.7 Å². The molecule has 3 aromatic heterocycles. The van der Waals surface area contributed by atoms with Crippen molar-refractivity contribution in [1.82, 2.24) is 14.4 Å². The van der Waals surface area contributed by atoms with Gasteiger partial charge in [0.2, 0.25) is 0 Å². The Morgan fingerprint density at radius 2 is 2.18 bits per heavy atom. The summed E-state index contributed by atoms with van der Waals surface area (Å²) in [7, 11) is 0. The molecule has 0 radical (unpaired) electrons. The summed E-state index contributed by atoms with van der Waals surface area (Å²) in [5.41, 5.74) is 0.600. The Kier molecular flexibility index (Phi) is 2.66. The molecule has 0 aromatic carbocycles. The van der Waals surface area contributed by atoms with Crippen molar-refractivity contribution in [2.45, 2.75) is 9.92 Å². The number of aldehydes is 1. The van der Waals surface area contributed by atoms with Crippen LogP contribution in [0.4, 0.5) is 0 Å². The molecule has 3 heterocycles. The summed E-state index contributed by atoms with van der Waals surface area (Å²) in [6.07, 6.45) is 6.15. The van der Waals surface area contributed by atoms with E-state index in [0.29, 0.717) is 5.69 Å². The van der Waals surface area contributed by atoms with Gasteiger partial charge >= 0.3 is 0 Å². The van der Waals surface area contributed by atoms with Crippen LogP contribution in [0, 0.1) is 0 Å². The van der Waals surface area contributed by atoms with Crippen molar-refractivity contribution in [3.8, 4) is 0 Å². The normalized spacial score (nSPS) is 10.8. The third-order valence-electron chi connectivity index (χ3n) is 2.24. The maximum Gasteiger partial charge on any atom is 0.195 e. The second-order valence-corrected chi connectivity index (χ2v) is 5.20. The van der Waals surface area contributed by atoms with E-state index in [4.69, 9.17) is 0 Å². The minimum Gasteiger partial charge on any atom is -0.296 e. The number of hydrogen-bond acceptors (Lipinski definition) is 5. The lowest BCUT2D eigenvalue weighted by Gasteiger charge is -1.97. The van der Waals surface area contributed by atoms with Gasteiger partial charge in [-0.2, -0.15) is 0 Å². The van der Waals surface area contributed by atoms with Crippen molar-refractivity contribution < 1.29 is 4.79 Å². The molecule has 0 atom stereocenters. The summed E-state index contributed by atoms with van der Waals surface area (Å²) in [5, 5.41) is 2.65. The summed E-state index contributed by atoms with van der Waals surface area (Å²) in [5.74, 6) is 0. The number of hydrogen-bond donors (Lipinski definition) is 0. The summed E-state index contributed by atoms with van der Waals surface area (Å²) in [4.78, 5) is 21.4. The SMILES string of the molecule is O=Cc1c(Sc2ccncc2)nc2sccn12. The molecular weight excluding hydrogens is 254 g/mol. The molecule has 0 N–H and O–H groups in total. The van der Waals surface area contributed by atoms with E-state index in [0.717, 1.165) is 21.2 Å². The van der Waals surface area contributed by atoms with E-state index in [1.54, 1.807) is 16.8 Å². The Morgan fingerprint density at radius 1 is 1.35 bits per heavy atom. The molecule has 4 nitrogen and oxygen atoms in total. The highest BCUT2D eigenvalue weighted by Crippen LogP contribution is 2.30. The van der Waals surface area contributed by atoms with Crippen LogP contribution < -0.4 is 0 Å².